The van der Waals surface area contributed by atoms with Gasteiger partial charge in [0.05, 0.1) is 0 Å². The molecule has 1 aliphatic carbocycles. The quantitative estimate of drug-likeness (QED) is 0.848. The molecule has 100 valence electrons. The van der Waals surface area contributed by atoms with Gasteiger partial charge in [-0.2, -0.15) is 0 Å². The maximum absolute atomic E-state index is 6.01. The molecule has 2 N–H and O–H groups in total. The summed E-state index contributed by atoms with van der Waals surface area (Å²) in [6.07, 6.45) is 5.51. The Morgan fingerprint density at radius 2 is 1.67 bits per heavy atom. The van der Waals surface area contributed by atoms with E-state index in [9.17, 15) is 0 Å². The number of nitrogens with two attached hydrogens (primary N) is 1. The van der Waals surface area contributed by atoms with Crippen LogP contribution in [0, 0.1) is 5.92 Å². The molecule has 0 saturated heterocycles. The molecule has 0 radical (unpaired) electrons. The normalized spacial score (nSPS) is 19.1. The van der Waals surface area contributed by atoms with E-state index in [1.165, 1.54) is 36.8 Å². The molecule has 1 unspecified atom stereocenters. The molecule has 1 fully saturated rings. The minimum absolute atomic E-state index is 0.240. The van der Waals surface area contributed by atoms with Crippen LogP contribution in [0.2, 0.25) is 0 Å². The van der Waals surface area contributed by atoms with Gasteiger partial charge in [-0.1, -0.05) is 57.9 Å². The molecule has 1 saturated carbocycles. The van der Waals surface area contributed by atoms with Crippen molar-refractivity contribution in [2.75, 3.05) is 6.54 Å². The van der Waals surface area contributed by atoms with Crippen LogP contribution in [-0.2, 0) is 5.41 Å². The molecular formula is C17H27N. The molecule has 0 heterocycles. The molecule has 0 spiro atoms. The number of rotatable bonds is 3. The Morgan fingerprint density at radius 3 is 2.11 bits per heavy atom. The zero-order valence-electron chi connectivity index (χ0n) is 12.1. The van der Waals surface area contributed by atoms with E-state index in [2.05, 4.69) is 45.0 Å². The molecular weight excluding hydrogens is 218 g/mol. The minimum Gasteiger partial charge on any atom is -0.330 e. The molecule has 18 heavy (non-hydrogen) atoms. The Morgan fingerprint density at radius 1 is 1.11 bits per heavy atom. The Kier molecular flexibility index (Phi) is 4.11. The Balaban J connectivity index is 2.16. The van der Waals surface area contributed by atoms with Gasteiger partial charge in [-0.25, -0.2) is 0 Å². The maximum atomic E-state index is 6.01. The van der Waals surface area contributed by atoms with E-state index in [1.54, 1.807) is 0 Å². The molecule has 0 aromatic heterocycles. The lowest BCUT2D eigenvalue weighted by molar-refractivity contribution is 0.440. The molecule has 1 aromatic carbocycles. The highest BCUT2D eigenvalue weighted by atomic mass is 14.6. The summed E-state index contributed by atoms with van der Waals surface area (Å²) in [7, 11) is 0. The van der Waals surface area contributed by atoms with E-state index in [0.717, 1.165) is 12.5 Å². The van der Waals surface area contributed by atoms with Gasteiger partial charge >= 0.3 is 0 Å². The van der Waals surface area contributed by atoms with Crippen LogP contribution in [0.25, 0.3) is 0 Å². The van der Waals surface area contributed by atoms with E-state index in [-0.39, 0.29) is 5.41 Å². The second-order valence-corrected chi connectivity index (χ2v) is 6.76. The average molecular weight is 245 g/mol. The van der Waals surface area contributed by atoms with Crippen molar-refractivity contribution < 1.29 is 0 Å². The Hall–Kier alpha value is -0.820. The van der Waals surface area contributed by atoms with Gasteiger partial charge in [-0.3, -0.25) is 0 Å². The summed E-state index contributed by atoms with van der Waals surface area (Å²) in [5, 5.41) is 0. The van der Waals surface area contributed by atoms with E-state index in [0.29, 0.717) is 5.92 Å². The maximum Gasteiger partial charge on any atom is -0.000556 e. The molecule has 1 nitrogen and oxygen atoms in total. The number of hydrogen-bond acceptors (Lipinski definition) is 1. The molecule has 1 aromatic rings. The lowest BCUT2D eigenvalue weighted by atomic mass is 9.82. The van der Waals surface area contributed by atoms with Gasteiger partial charge in [0, 0.05) is 0 Å². The predicted octanol–water partition coefficient (Wildman–Crippen LogP) is 4.22. The van der Waals surface area contributed by atoms with Crippen molar-refractivity contribution in [1.29, 1.82) is 0 Å². The third-order valence-electron chi connectivity index (χ3n) is 4.43. The Labute approximate surface area is 112 Å². The first-order chi connectivity index (χ1) is 8.52. The fourth-order valence-electron chi connectivity index (χ4n) is 3.19. The first-order valence-electron chi connectivity index (χ1n) is 7.33. The number of hydrogen-bond donors (Lipinski definition) is 1. The molecule has 1 heteroatoms. The van der Waals surface area contributed by atoms with Gasteiger partial charge in [0.15, 0.2) is 0 Å². The van der Waals surface area contributed by atoms with Crippen molar-refractivity contribution in [2.45, 2.75) is 57.8 Å². The monoisotopic (exact) mass is 245 g/mol. The summed E-state index contributed by atoms with van der Waals surface area (Å²) in [5.74, 6) is 1.39. The van der Waals surface area contributed by atoms with Crippen molar-refractivity contribution in [3.05, 3.63) is 35.4 Å². The topological polar surface area (TPSA) is 26.0 Å². The smallest absolute Gasteiger partial charge is 0.000556 e. The van der Waals surface area contributed by atoms with Gasteiger partial charge in [0.2, 0.25) is 0 Å². The van der Waals surface area contributed by atoms with E-state index in [1.807, 2.05) is 0 Å². The highest BCUT2D eigenvalue weighted by molar-refractivity contribution is 5.30. The SMILES string of the molecule is CC(C)(C)c1ccc(C(CN)C2CCCC2)cc1. The van der Waals surface area contributed by atoms with E-state index < -0.39 is 0 Å². The van der Waals surface area contributed by atoms with Crippen molar-refractivity contribution in [3.8, 4) is 0 Å². The second kappa shape index (κ2) is 5.44. The van der Waals surface area contributed by atoms with Gasteiger partial charge in [-0.05, 0) is 47.8 Å². The highest BCUT2D eigenvalue weighted by Gasteiger charge is 2.25. The van der Waals surface area contributed by atoms with Crippen LogP contribution in [0.3, 0.4) is 0 Å². The molecule has 2 rings (SSSR count). The van der Waals surface area contributed by atoms with Gasteiger partial charge in [0.25, 0.3) is 0 Å². The number of benzene rings is 1. The summed E-state index contributed by atoms with van der Waals surface area (Å²) in [5.41, 5.74) is 9.10. The molecule has 1 aliphatic rings. The summed E-state index contributed by atoms with van der Waals surface area (Å²) in [4.78, 5) is 0. The van der Waals surface area contributed by atoms with Crippen LogP contribution >= 0.6 is 0 Å². The van der Waals surface area contributed by atoms with Crippen LogP contribution in [0.4, 0.5) is 0 Å². The van der Waals surface area contributed by atoms with Gasteiger partial charge < -0.3 is 5.73 Å². The van der Waals surface area contributed by atoms with Gasteiger partial charge in [-0.15, -0.1) is 0 Å². The molecule has 1 atom stereocenters. The summed E-state index contributed by atoms with van der Waals surface area (Å²) < 4.78 is 0. The van der Waals surface area contributed by atoms with Crippen LogP contribution in [0.1, 0.15) is 63.5 Å². The summed E-state index contributed by atoms with van der Waals surface area (Å²) in [6, 6.07) is 9.17. The lowest BCUT2D eigenvalue weighted by Gasteiger charge is -2.24. The summed E-state index contributed by atoms with van der Waals surface area (Å²) in [6.45, 7) is 7.58. The van der Waals surface area contributed by atoms with Crippen LogP contribution in [-0.4, -0.2) is 6.54 Å². The lowest BCUT2D eigenvalue weighted by Crippen LogP contribution is -2.20. The largest absolute Gasteiger partial charge is 0.330 e. The predicted molar refractivity (Wildman–Crippen MR) is 78.9 cm³/mol. The first-order valence-corrected chi connectivity index (χ1v) is 7.33. The zero-order chi connectivity index (χ0) is 13.2. The Bertz CT molecular complexity index is 366. The van der Waals surface area contributed by atoms with Crippen molar-refractivity contribution in [3.63, 3.8) is 0 Å². The summed E-state index contributed by atoms with van der Waals surface area (Å²) >= 11 is 0. The fourth-order valence-corrected chi connectivity index (χ4v) is 3.19. The van der Waals surface area contributed by atoms with Crippen LogP contribution in [0.5, 0.6) is 0 Å². The van der Waals surface area contributed by atoms with E-state index in [4.69, 9.17) is 5.73 Å². The second-order valence-electron chi connectivity index (χ2n) is 6.76. The van der Waals surface area contributed by atoms with Crippen LogP contribution < -0.4 is 5.73 Å². The van der Waals surface area contributed by atoms with Crippen LogP contribution in [0.15, 0.2) is 24.3 Å². The van der Waals surface area contributed by atoms with Crippen molar-refractivity contribution in [2.24, 2.45) is 11.7 Å². The van der Waals surface area contributed by atoms with Gasteiger partial charge in [0.1, 0.15) is 0 Å². The fraction of sp³-hybridized carbons (Fsp3) is 0.647. The zero-order valence-corrected chi connectivity index (χ0v) is 12.1. The third kappa shape index (κ3) is 2.95. The highest BCUT2D eigenvalue weighted by Crippen LogP contribution is 2.37. The first kappa shape index (κ1) is 13.6. The molecule has 0 bridgehead atoms. The van der Waals surface area contributed by atoms with Crippen molar-refractivity contribution >= 4 is 0 Å². The standard InChI is InChI=1S/C17H27N/c1-17(2,3)15-10-8-14(9-11-15)16(12-18)13-6-4-5-7-13/h8-11,13,16H,4-7,12,18H2,1-3H3. The molecule has 0 aliphatic heterocycles. The van der Waals surface area contributed by atoms with Crippen molar-refractivity contribution in [1.82, 2.24) is 0 Å². The minimum atomic E-state index is 0.240. The average Bonchev–Trinajstić information content (AvgIpc) is 2.83. The molecule has 0 amide bonds. The third-order valence-corrected chi connectivity index (χ3v) is 4.43. The van der Waals surface area contributed by atoms with E-state index >= 15 is 0 Å².